The Morgan fingerprint density at radius 2 is 1.64 bits per heavy atom. The molecule has 8 heteroatoms. The summed E-state index contributed by atoms with van der Waals surface area (Å²) in [6.07, 6.45) is 6.82. The third kappa shape index (κ3) is 6.87. The second kappa shape index (κ2) is 10.6. The van der Waals surface area contributed by atoms with E-state index >= 15 is 0 Å². The third-order valence-corrected chi connectivity index (χ3v) is 6.95. The molecule has 1 saturated carbocycles. The second-order valence-corrected chi connectivity index (χ2v) is 9.86. The highest BCUT2D eigenvalue weighted by molar-refractivity contribution is 7.89. The lowest BCUT2D eigenvalue weighted by Gasteiger charge is -2.19. The summed E-state index contributed by atoms with van der Waals surface area (Å²) in [5.41, 5.74) is 0.878. The number of benzene rings is 2. The van der Waals surface area contributed by atoms with Gasteiger partial charge in [0.15, 0.2) is 0 Å². The summed E-state index contributed by atoms with van der Waals surface area (Å²) >= 11 is 0. The molecule has 7 nitrogen and oxygen atoms in total. The fraction of sp³-hybridized carbons (Fsp3) is 0.280. The lowest BCUT2D eigenvalue weighted by atomic mass is 10.1. The predicted molar refractivity (Wildman–Crippen MR) is 125 cm³/mol. The smallest absolute Gasteiger partial charge is 0.241 e. The molecule has 172 valence electrons. The van der Waals surface area contributed by atoms with Crippen molar-refractivity contribution < 1.29 is 17.9 Å². The van der Waals surface area contributed by atoms with Crippen molar-refractivity contribution in [3.8, 4) is 11.5 Å². The largest absolute Gasteiger partial charge is 0.457 e. The zero-order valence-electron chi connectivity index (χ0n) is 18.2. The lowest BCUT2D eigenvalue weighted by molar-refractivity contribution is -0.122. The molecule has 0 bridgehead atoms. The molecular weight excluding hydrogens is 438 g/mol. The fourth-order valence-electron chi connectivity index (χ4n) is 3.45. The van der Waals surface area contributed by atoms with Crippen molar-refractivity contribution in [2.45, 2.75) is 36.6 Å². The van der Waals surface area contributed by atoms with E-state index in [1.165, 1.54) is 25.0 Å². The molecule has 4 rings (SSSR count). The third-order valence-electron chi connectivity index (χ3n) is 5.46. The average Bonchev–Trinajstić information content (AvgIpc) is 3.65. The highest BCUT2D eigenvalue weighted by Gasteiger charge is 2.27. The zero-order chi connectivity index (χ0) is 23.1. The molecule has 0 aliphatic heterocycles. The van der Waals surface area contributed by atoms with Crippen LogP contribution in [0.5, 0.6) is 11.5 Å². The van der Waals surface area contributed by atoms with Crippen LogP contribution in [-0.2, 0) is 21.2 Å². The Balaban J connectivity index is 1.45. The van der Waals surface area contributed by atoms with Gasteiger partial charge in [-0.15, -0.1) is 0 Å². The normalized spacial score (nSPS) is 14.4. The number of aromatic nitrogens is 1. The van der Waals surface area contributed by atoms with Gasteiger partial charge in [-0.2, -0.15) is 4.72 Å². The number of pyridine rings is 1. The molecule has 1 fully saturated rings. The van der Waals surface area contributed by atoms with E-state index in [0.29, 0.717) is 24.0 Å². The quantitative estimate of drug-likeness (QED) is 0.450. The molecular formula is C25H27N3O4S. The zero-order valence-corrected chi connectivity index (χ0v) is 19.0. The summed E-state index contributed by atoms with van der Waals surface area (Å²) in [5.74, 6) is 1.46. The Hall–Kier alpha value is -3.23. The van der Waals surface area contributed by atoms with Crippen LogP contribution in [0.1, 0.15) is 24.8 Å². The van der Waals surface area contributed by atoms with Crippen LogP contribution in [0.3, 0.4) is 0 Å². The van der Waals surface area contributed by atoms with Crippen LogP contribution in [0.4, 0.5) is 0 Å². The first-order valence-electron chi connectivity index (χ1n) is 11.0. The molecule has 1 atom stereocenters. The Kier molecular flexibility index (Phi) is 7.36. The molecule has 1 aromatic heterocycles. The van der Waals surface area contributed by atoms with Gasteiger partial charge < -0.3 is 10.1 Å². The summed E-state index contributed by atoms with van der Waals surface area (Å²) in [7, 11) is -3.92. The van der Waals surface area contributed by atoms with Crippen molar-refractivity contribution in [3.05, 3.63) is 84.7 Å². The highest BCUT2D eigenvalue weighted by Crippen LogP contribution is 2.31. The predicted octanol–water partition coefficient (Wildman–Crippen LogP) is 3.68. The molecule has 0 saturated heterocycles. The summed E-state index contributed by atoms with van der Waals surface area (Å²) in [5, 5.41) is 2.89. The number of carbonyl (C=O) groups is 1. The Bertz CT molecular complexity index is 1150. The molecule has 1 aliphatic rings. The first-order chi connectivity index (χ1) is 16.0. The van der Waals surface area contributed by atoms with Gasteiger partial charge in [-0.3, -0.25) is 9.78 Å². The van der Waals surface area contributed by atoms with Crippen LogP contribution in [-0.4, -0.2) is 31.9 Å². The number of rotatable bonds is 11. The number of carbonyl (C=O) groups excluding carboxylic acids is 1. The Labute approximate surface area is 194 Å². The monoisotopic (exact) mass is 465 g/mol. The maximum Gasteiger partial charge on any atom is 0.241 e. The fourth-order valence-corrected chi connectivity index (χ4v) is 4.65. The van der Waals surface area contributed by atoms with E-state index in [1.807, 2.05) is 30.3 Å². The molecule has 0 radical (unpaired) electrons. The van der Waals surface area contributed by atoms with Crippen LogP contribution in [0.25, 0.3) is 0 Å². The molecule has 1 heterocycles. The Morgan fingerprint density at radius 1 is 0.970 bits per heavy atom. The summed E-state index contributed by atoms with van der Waals surface area (Å²) < 4.78 is 34.4. The maximum atomic E-state index is 13.1. The standard InChI is InChI=1S/C25H27N3O4S/c29-25(27-17-12-19-6-7-19)24(18-20-4-2-1-3-5-20)28-33(30,31)23-10-8-21(9-11-23)32-22-13-15-26-16-14-22/h1-5,8-11,13-16,19,24,28H,6-7,12,17-18H2,(H,27,29)/t24-/m0/s1. The summed E-state index contributed by atoms with van der Waals surface area (Å²) in [6, 6.07) is 18.0. The topological polar surface area (TPSA) is 97.4 Å². The number of sulfonamides is 1. The number of amides is 1. The van der Waals surface area contributed by atoms with Crippen molar-refractivity contribution in [2.75, 3.05) is 6.54 Å². The average molecular weight is 466 g/mol. The van der Waals surface area contributed by atoms with E-state index in [2.05, 4.69) is 15.0 Å². The van der Waals surface area contributed by atoms with Crippen LogP contribution < -0.4 is 14.8 Å². The number of ether oxygens (including phenoxy) is 1. The molecule has 3 aromatic rings. The van der Waals surface area contributed by atoms with E-state index in [0.717, 1.165) is 12.0 Å². The van der Waals surface area contributed by atoms with Gasteiger partial charge in [-0.1, -0.05) is 43.2 Å². The van der Waals surface area contributed by atoms with Gasteiger partial charge in [0.25, 0.3) is 0 Å². The van der Waals surface area contributed by atoms with Crippen molar-refractivity contribution in [2.24, 2.45) is 5.92 Å². The van der Waals surface area contributed by atoms with Gasteiger partial charge in [0, 0.05) is 18.9 Å². The molecule has 0 spiro atoms. The first-order valence-corrected chi connectivity index (χ1v) is 12.5. The molecule has 2 N–H and O–H groups in total. The SMILES string of the molecule is O=C(NCCC1CC1)[C@H](Cc1ccccc1)NS(=O)(=O)c1ccc(Oc2ccncc2)cc1. The van der Waals surface area contributed by atoms with E-state index in [9.17, 15) is 13.2 Å². The van der Waals surface area contributed by atoms with Crippen LogP contribution in [0.15, 0.2) is 84.0 Å². The van der Waals surface area contributed by atoms with Gasteiger partial charge in [0.2, 0.25) is 15.9 Å². The van der Waals surface area contributed by atoms with Crippen molar-refractivity contribution >= 4 is 15.9 Å². The minimum atomic E-state index is -3.92. The van der Waals surface area contributed by atoms with Crippen molar-refractivity contribution in [1.82, 2.24) is 15.0 Å². The minimum absolute atomic E-state index is 0.0634. The number of nitrogens with zero attached hydrogens (tertiary/aromatic N) is 1. The molecule has 33 heavy (non-hydrogen) atoms. The number of hydrogen-bond acceptors (Lipinski definition) is 5. The van der Waals surface area contributed by atoms with Crippen molar-refractivity contribution in [3.63, 3.8) is 0 Å². The maximum absolute atomic E-state index is 13.1. The summed E-state index contributed by atoms with van der Waals surface area (Å²) in [4.78, 5) is 16.9. The highest BCUT2D eigenvalue weighted by atomic mass is 32.2. The van der Waals surface area contributed by atoms with Crippen LogP contribution in [0.2, 0.25) is 0 Å². The lowest BCUT2D eigenvalue weighted by Crippen LogP contribution is -2.48. The van der Waals surface area contributed by atoms with E-state index < -0.39 is 16.1 Å². The van der Waals surface area contributed by atoms with Crippen LogP contribution >= 0.6 is 0 Å². The molecule has 1 amide bonds. The van der Waals surface area contributed by atoms with Gasteiger partial charge >= 0.3 is 0 Å². The van der Waals surface area contributed by atoms with Gasteiger partial charge in [0.05, 0.1) is 4.90 Å². The minimum Gasteiger partial charge on any atom is -0.457 e. The molecule has 0 unspecified atom stereocenters. The van der Waals surface area contributed by atoms with E-state index in [-0.39, 0.29) is 17.2 Å². The summed E-state index contributed by atoms with van der Waals surface area (Å²) in [6.45, 7) is 0.553. The van der Waals surface area contributed by atoms with Gasteiger partial charge in [-0.25, -0.2) is 8.42 Å². The molecule has 1 aliphatic carbocycles. The van der Waals surface area contributed by atoms with Gasteiger partial charge in [-0.05, 0) is 60.7 Å². The van der Waals surface area contributed by atoms with Crippen LogP contribution in [0, 0.1) is 5.92 Å². The molecule has 2 aromatic carbocycles. The second-order valence-electron chi connectivity index (χ2n) is 8.14. The first kappa shape index (κ1) is 22.9. The van der Waals surface area contributed by atoms with E-state index in [1.54, 1.807) is 36.7 Å². The number of nitrogens with one attached hydrogen (secondary N) is 2. The van der Waals surface area contributed by atoms with Gasteiger partial charge in [0.1, 0.15) is 17.5 Å². The number of hydrogen-bond donors (Lipinski definition) is 2. The van der Waals surface area contributed by atoms with Crippen molar-refractivity contribution in [1.29, 1.82) is 0 Å². The van der Waals surface area contributed by atoms with E-state index in [4.69, 9.17) is 4.74 Å². The Morgan fingerprint density at radius 3 is 2.30 bits per heavy atom.